The molecule has 2 atom stereocenters. The minimum Gasteiger partial charge on any atom is -0.473 e. The Labute approximate surface area is 116 Å². The maximum atomic E-state index is 5.31. The molecular formula is C14H26O5. The highest BCUT2D eigenvalue weighted by molar-refractivity contribution is 4.81. The van der Waals surface area contributed by atoms with Gasteiger partial charge in [0.25, 0.3) is 0 Å². The molecule has 0 aromatic rings. The molecule has 0 N–H and O–H groups in total. The smallest absolute Gasteiger partial charge is 0.160 e. The van der Waals surface area contributed by atoms with Crippen LogP contribution >= 0.6 is 0 Å². The number of rotatable bonds is 12. The van der Waals surface area contributed by atoms with Crippen molar-refractivity contribution in [1.82, 2.24) is 0 Å². The summed E-state index contributed by atoms with van der Waals surface area (Å²) in [5, 5.41) is 0. The zero-order chi connectivity index (χ0) is 14.3. The van der Waals surface area contributed by atoms with E-state index < -0.39 is 0 Å². The van der Waals surface area contributed by atoms with Crippen LogP contribution in [-0.4, -0.2) is 40.0 Å². The van der Waals surface area contributed by atoms with Gasteiger partial charge in [-0.25, -0.2) is 0 Å². The lowest BCUT2D eigenvalue weighted by Crippen LogP contribution is -2.13. The summed E-state index contributed by atoms with van der Waals surface area (Å²) >= 11 is 0. The SMILES string of the molecule is CCOC(CC=COC=CCC(OC)OCC)OC. The lowest BCUT2D eigenvalue weighted by Gasteiger charge is -2.12. The van der Waals surface area contributed by atoms with Crippen LogP contribution in [0.5, 0.6) is 0 Å². The van der Waals surface area contributed by atoms with Gasteiger partial charge in [0.05, 0.1) is 12.5 Å². The summed E-state index contributed by atoms with van der Waals surface area (Å²) in [6.45, 7) is 5.12. The normalized spacial score (nSPS) is 15.2. The van der Waals surface area contributed by atoms with Crippen molar-refractivity contribution < 1.29 is 23.7 Å². The number of hydrogen-bond donors (Lipinski definition) is 0. The van der Waals surface area contributed by atoms with Crippen LogP contribution in [0.2, 0.25) is 0 Å². The van der Waals surface area contributed by atoms with Gasteiger partial charge in [-0.05, 0) is 26.0 Å². The highest BCUT2D eigenvalue weighted by atomic mass is 16.7. The highest BCUT2D eigenvalue weighted by Crippen LogP contribution is 2.02. The van der Waals surface area contributed by atoms with E-state index in [1.54, 1.807) is 26.7 Å². The van der Waals surface area contributed by atoms with Crippen molar-refractivity contribution in [1.29, 1.82) is 0 Å². The molecule has 0 bridgehead atoms. The van der Waals surface area contributed by atoms with Gasteiger partial charge in [-0.2, -0.15) is 0 Å². The second-order valence-electron chi connectivity index (χ2n) is 3.59. The van der Waals surface area contributed by atoms with E-state index in [4.69, 9.17) is 23.7 Å². The lowest BCUT2D eigenvalue weighted by atomic mass is 10.4. The Morgan fingerprint density at radius 1 is 0.789 bits per heavy atom. The van der Waals surface area contributed by atoms with Crippen molar-refractivity contribution in [2.75, 3.05) is 27.4 Å². The second kappa shape index (κ2) is 13.5. The Morgan fingerprint density at radius 3 is 1.53 bits per heavy atom. The highest BCUT2D eigenvalue weighted by Gasteiger charge is 2.03. The quantitative estimate of drug-likeness (QED) is 0.404. The first-order valence-electron chi connectivity index (χ1n) is 6.52. The molecule has 0 aromatic heterocycles. The molecule has 112 valence electrons. The molecule has 0 heterocycles. The standard InChI is InChI=1S/C14H26O5/c1-5-18-13(15-3)9-7-11-17-12-8-10-14(16-4)19-6-2/h7-8,11-14H,5-6,9-10H2,1-4H3. The predicted octanol–water partition coefficient (Wildman–Crippen LogP) is 2.83. The number of ether oxygens (including phenoxy) is 5. The van der Waals surface area contributed by atoms with Crippen LogP contribution in [0.4, 0.5) is 0 Å². The summed E-state index contributed by atoms with van der Waals surface area (Å²) in [4.78, 5) is 0. The molecule has 5 heteroatoms. The molecule has 5 nitrogen and oxygen atoms in total. The van der Waals surface area contributed by atoms with E-state index in [1.807, 2.05) is 26.0 Å². The fourth-order valence-corrected chi connectivity index (χ4v) is 1.33. The third-order valence-corrected chi connectivity index (χ3v) is 2.24. The van der Waals surface area contributed by atoms with E-state index in [2.05, 4.69) is 0 Å². The van der Waals surface area contributed by atoms with Crippen LogP contribution in [-0.2, 0) is 23.7 Å². The number of methoxy groups -OCH3 is 2. The summed E-state index contributed by atoms with van der Waals surface area (Å²) < 4.78 is 26.0. The van der Waals surface area contributed by atoms with Crippen molar-refractivity contribution in [3.05, 3.63) is 24.7 Å². The van der Waals surface area contributed by atoms with E-state index in [0.29, 0.717) is 26.1 Å². The van der Waals surface area contributed by atoms with E-state index in [0.717, 1.165) is 0 Å². The van der Waals surface area contributed by atoms with Gasteiger partial charge in [0.15, 0.2) is 12.6 Å². The van der Waals surface area contributed by atoms with Gasteiger partial charge in [0, 0.05) is 40.3 Å². The molecule has 0 aromatic carbocycles. The first-order chi connectivity index (χ1) is 9.28. The van der Waals surface area contributed by atoms with E-state index in [-0.39, 0.29) is 12.6 Å². The molecule has 19 heavy (non-hydrogen) atoms. The summed E-state index contributed by atoms with van der Waals surface area (Å²) in [7, 11) is 3.24. The Hall–Kier alpha value is -0.880. The van der Waals surface area contributed by atoms with E-state index in [9.17, 15) is 0 Å². The third kappa shape index (κ3) is 10.7. The maximum absolute atomic E-state index is 5.31. The fourth-order valence-electron chi connectivity index (χ4n) is 1.33. The first-order valence-corrected chi connectivity index (χ1v) is 6.52. The van der Waals surface area contributed by atoms with Gasteiger partial charge in [-0.15, -0.1) is 0 Å². The van der Waals surface area contributed by atoms with Gasteiger partial charge in [-0.1, -0.05) is 0 Å². The largest absolute Gasteiger partial charge is 0.473 e. The molecule has 0 saturated carbocycles. The van der Waals surface area contributed by atoms with Gasteiger partial charge in [0.1, 0.15) is 0 Å². The zero-order valence-electron chi connectivity index (χ0n) is 12.3. The monoisotopic (exact) mass is 274 g/mol. The second-order valence-corrected chi connectivity index (χ2v) is 3.59. The average Bonchev–Trinajstić information content (AvgIpc) is 2.43. The Kier molecular flexibility index (Phi) is 12.9. The van der Waals surface area contributed by atoms with Crippen LogP contribution < -0.4 is 0 Å². The predicted molar refractivity (Wildman–Crippen MR) is 73.4 cm³/mol. The summed E-state index contributed by atoms with van der Waals surface area (Å²) in [6.07, 6.45) is 7.77. The first kappa shape index (κ1) is 18.1. The Morgan fingerprint density at radius 2 is 1.21 bits per heavy atom. The van der Waals surface area contributed by atoms with E-state index >= 15 is 0 Å². The molecule has 0 spiro atoms. The summed E-state index contributed by atoms with van der Waals surface area (Å²) in [5.41, 5.74) is 0. The Balaban J connectivity index is 3.70. The minimum atomic E-state index is -0.218. The van der Waals surface area contributed by atoms with Crippen LogP contribution in [0.15, 0.2) is 24.7 Å². The molecule has 0 amide bonds. The molecular weight excluding hydrogens is 248 g/mol. The fraction of sp³-hybridized carbons (Fsp3) is 0.714. The molecule has 0 aliphatic heterocycles. The van der Waals surface area contributed by atoms with Crippen LogP contribution in [0.3, 0.4) is 0 Å². The number of hydrogen-bond acceptors (Lipinski definition) is 5. The average molecular weight is 274 g/mol. The molecule has 0 rings (SSSR count). The third-order valence-electron chi connectivity index (χ3n) is 2.24. The lowest BCUT2D eigenvalue weighted by molar-refractivity contribution is -0.117. The van der Waals surface area contributed by atoms with Crippen LogP contribution in [0.25, 0.3) is 0 Å². The van der Waals surface area contributed by atoms with Crippen LogP contribution in [0, 0.1) is 0 Å². The van der Waals surface area contributed by atoms with Crippen LogP contribution in [0.1, 0.15) is 26.7 Å². The summed E-state index contributed by atoms with van der Waals surface area (Å²) in [6, 6.07) is 0. The molecule has 0 fully saturated rings. The van der Waals surface area contributed by atoms with Gasteiger partial charge >= 0.3 is 0 Å². The van der Waals surface area contributed by atoms with E-state index in [1.165, 1.54) is 0 Å². The van der Waals surface area contributed by atoms with Gasteiger partial charge in [-0.3, -0.25) is 0 Å². The summed E-state index contributed by atoms with van der Waals surface area (Å²) in [5.74, 6) is 0. The minimum absolute atomic E-state index is 0.218. The molecule has 0 aliphatic rings. The zero-order valence-corrected chi connectivity index (χ0v) is 12.3. The van der Waals surface area contributed by atoms with Crippen molar-refractivity contribution in [2.24, 2.45) is 0 Å². The topological polar surface area (TPSA) is 46.2 Å². The molecule has 0 radical (unpaired) electrons. The molecule has 0 saturated heterocycles. The van der Waals surface area contributed by atoms with Crippen molar-refractivity contribution in [3.63, 3.8) is 0 Å². The molecule has 0 aliphatic carbocycles. The maximum Gasteiger partial charge on any atom is 0.160 e. The Bertz CT molecular complexity index is 216. The molecule has 2 unspecified atom stereocenters. The van der Waals surface area contributed by atoms with Gasteiger partial charge < -0.3 is 23.7 Å². The van der Waals surface area contributed by atoms with Gasteiger partial charge in [0.2, 0.25) is 0 Å². The van der Waals surface area contributed by atoms with Crippen molar-refractivity contribution in [2.45, 2.75) is 39.3 Å². The van der Waals surface area contributed by atoms with Crippen molar-refractivity contribution in [3.8, 4) is 0 Å². The van der Waals surface area contributed by atoms with Crippen molar-refractivity contribution >= 4 is 0 Å².